The molecule has 1 amide bonds. The number of carbonyl (C=O) groups is 1. The zero-order chi connectivity index (χ0) is 14.6. The summed E-state index contributed by atoms with van der Waals surface area (Å²) in [6.45, 7) is 1.93. The van der Waals surface area contributed by atoms with Crippen LogP contribution in [0.4, 0.5) is 11.4 Å². The second-order valence-corrected chi connectivity index (χ2v) is 6.27. The first kappa shape index (κ1) is 15.5. The molecule has 1 rings (SSSR count). The summed E-state index contributed by atoms with van der Waals surface area (Å²) < 4.78 is 11.2. The van der Waals surface area contributed by atoms with Crippen LogP contribution in [0.1, 0.15) is 17.3 Å². The number of nitrogen functional groups attached to an aromatic ring is 1. The minimum atomic E-state index is -0.876. The van der Waals surface area contributed by atoms with Crippen molar-refractivity contribution in [2.24, 2.45) is 0 Å². The van der Waals surface area contributed by atoms with Crippen molar-refractivity contribution in [3.05, 3.63) is 23.8 Å². The van der Waals surface area contributed by atoms with Gasteiger partial charge in [-0.1, -0.05) is 0 Å². The largest absolute Gasteiger partial charge is 0.397 e. The Kier molecular flexibility index (Phi) is 5.35. The van der Waals surface area contributed by atoms with Crippen molar-refractivity contribution < 1.29 is 9.00 Å². The molecular formula is C13H21N3O2S. The summed E-state index contributed by atoms with van der Waals surface area (Å²) in [6.07, 6.45) is 1.66. The highest BCUT2D eigenvalue weighted by Crippen LogP contribution is 2.21. The fourth-order valence-corrected chi connectivity index (χ4v) is 2.52. The predicted octanol–water partition coefficient (Wildman–Crippen LogP) is 1.15. The van der Waals surface area contributed by atoms with Gasteiger partial charge >= 0.3 is 0 Å². The number of hydrogen-bond acceptors (Lipinski definition) is 4. The molecule has 0 heterocycles. The number of nitrogens with zero attached hydrogens (tertiary/aromatic N) is 1. The molecule has 0 saturated carbocycles. The lowest BCUT2D eigenvalue weighted by atomic mass is 10.1. The number of nitrogens with one attached hydrogen (secondary N) is 1. The molecule has 3 N–H and O–H groups in total. The van der Waals surface area contributed by atoms with E-state index >= 15 is 0 Å². The van der Waals surface area contributed by atoms with Crippen molar-refractivity contribution in [3.63, 3.8) is 0 Å². The monoisotopic (exact) mass is 283 g/mol. The van der Waals surface area contributed by atoms with Crippen LogP contribution in [0.3, 0.4) is 0 Å². The van der Waals surface area contributed by atoms with E-state index in [9.17, 15) is 9.00 Å². The van der Waals surface area contributed by atoms with E-state index in [-0.39, 0.29) is 11.9 Å². The number of amides is 1. The molecule has 0 saturated heterocycles. The van der Waals surface area contributed by atoms with Gasteiger partial charge in [-0.2, -0.15) is 0 Å². The Balaban J connectivity index is 2.91. The first-order valence-electron chi connectivity index (χ1n) is 5.99. The van der Waals surface area contributed by atoms with E-state index in [1.165, 1.54) is 4.90 Å². The molecule has 2 unspecified atom stereocenters. The van der Waals surface area contributed by atoms with Gasteiger partial charge in [0.1, 0.15) is 0 Å². The van der Waals surface area contributed by atoms with Gasteiger partial charge in [-0.15, -0.1) is 0 Å². The number of carbonyl (C=O) groups excluding carboxylic acids is 1. The number of rotatable bonds is 5. The molecule has 0 radical (unpaired) electrons. The minimum absolute atomic E-state index is 0.0258. The third-order valence-corrected chi connectivity index (χ3v) is 3.56. The zero-order valence-electron chi connectivity index (χ0n) is 11.8. The molecule has 0 aliphatic rings. The SMILES string of the molecule is CC(CS(C)=O)Nc1cc(C(=O)N(C)C)ccc1N. The highest BCUT2D eigenvalue weighted by atomic mass is 32.2. The van der Waals surface area contributed by atoms with Gasteiger partial charge in [-0.05, 0) is 25.1 Å². The van der Waals surface area contributed by atoms with E-state index < -0.39 is 10.8 Å². The molecular weight excluding hydrogens is 262 g/mol. The van der Waals surface area contributed by atoms with Gasteiger partial charge in [0.25, 0.3) is 5.91 Å². The highest BCUT2D eigenvalue weighted by Gasteiger charge is 2.12. The lowest BCUT2D eigenvalue weighted by Gasteiger charge is -2.17. The average molecular weight is 283 g/mol. The number of hydrogen-bond donors (Lipinski definition) is 2. The summed E-state index contributed by atoms with van der Waals surface area (Å²) in [5.74, 6) is 0.459. The summed E-state index contributed by atoms with van der Waals surface area (Å²) in [6, 6.07) is 5.16. The van der Waals surface area contributed by atoms with E-state index in [1.807, 2.05) is 6.92 Å². The smallest absolute Gasteiger partial charge is 0.253 e. The molecule has 1 aromatic carbocycles. The van der Waals surface area contributed by atoms with E-state index in [0.717, 1.165) is 0 Å². The summed E-state index contributed by atoms with van der Waals surface area (Å²) in [7, 11) is 2.53. The van der Waals surface area contributed by atoms with Crippen LogP contribution in [0.15, 0.2) is 18.2 Å². The standard InChI is InChI=1S/C13H21N3O2S/c1-9(8-19(4)18)15-12-7-10(5-6-11(12)14)13(17)16(2)3/h5-7,9,15H,8,14H2,1-4H3. The van der Waals surface area contributed by atoms with Crippen LogP contribution in [-0.4, -0.2) is 47.2 Å². The predicted molar refractivity (Wildman–Crippen MR) is 80.9 cm³/mol. The Morgan fingerprint density at radius 2 is 2.11 bits per heavy atom. The molecule has 5 nitrogen and oxygen atoms in total. The fraction of sp³-hybridized carbons (Fsp3) is 0.462. The van der Waals surface area contributed by atoms with Gasteiger partial charge < -0.3 is 16.0 Å². The molecule has 19 heavy (non-hydrogen) atoms. The van der Waals surface area contributed by atoms with Crippen molar-refractivity contribution in [2.75, 3.05) is 37.2 Å². The van der Waals surface area contributed by atoms with Crippen LogP contribution in [-0.2, 0) is 10.8 Å². The summed E-state index contributed by atoms with van der Waals surface area (Å²) in [4.78, 5) is 13.4. The van der Waals surface area contributed by atoms with Gasteiger partial charge in [0.2, 0.25) is 0 Å². The Morgan fingerprint density at radius 1 is 1.47 bits per heavy atom. The molecule has 2 atom stereocenters. The zero-order valence-corrected chi connectivity index (χ0v) is 12.6. The normalized spacial score (nSPS) is 13.7. The third-order valence-electron chi connectivity index (χ3n) is 2.59. The minimum Gasteiger partial charge on any atom is -0.397 e. The van der Waals surface area contributed by atoms with Crippen molar-refractivity contribution in [3.8, 4) is 0 Å². The Labute approximate surface area is 116 Å². The molecule has 0 aromatic heterocycles. The average Bonchev–Trinajstić information content (AvgIpc) is 2.29. The molecule has 0 spiro atoms. The van der Waals surface area contributed by atoms with Crippen LogP contribution in [0.25, 0.3) is 0 Å². The van der Waals surface area contributed by atoms with E-state index in [0.29, 0.717) is 22.7 Å². The highest BCUT2D eigenvalue weighted by molar-refractivity contribution is 7.84. The lowest BCUT2D eigenvalue weighted by Crippen LogP contribution is -2.24. The van der Waals surface area contributed by atoms with Crippen LogP contribution >= 0.6 is 0 Å². The van der Waals surface area contributed by atoms with Crippen molar-refractivity contribution in [1.82, 2.24) is 4.90 Å². The van der Waals surface area contributed by atoms with Gasteiger partial charge in [-0.25, -0.2) is 0 Å². The summed E-state index contributed by atoms with van der Waals surface area (Å²) in [5, 5.41) is 3.19. The van der Waals surface area contributed by atoms with E-state index in [1.54, 1.807) is 38.6 Å². The van der Waals surface area contributed by atoms with Crippen LogP contribution in [0.5, 0.6) is 0 Å². The topological polar surface area (TPSA) is 75.4 Å². The molecule has 106 valence electrons. The number of benzene rings is 1. The van der Waals surface area contributed by atoms with Crippen molar-refractivity contribution in [2.45, 2.75) is 13.0 Å². The fourth-order valence-electron chi connectivity index (χ4n) is 1.73. The van der Waals surface area contributed by atoms with Gasteiger partial charge in [0.05, 0.1) is 11.4 Å². The molecule has 0 aliphatic carbocycles. The van der Waals surface area contributed by atoms with Gasteiger partial charge in [0, 0.05) is 48.5 Å². The quantitative estimate of drug-likeness (QED) is 0.795. The maximum absolute atomic E-state index is 11.9. The molecule has 0 fully saturated rings. The first-order valence-corrected chi connectivity index (χ1v) is 7.71. The first-order chi connectivity index (χ1) is 8.81. The van der Waals surface area contributed by atoms with E-state index in [4.69, 9.17) is 5.73 Å². The molecule has 0 bridgehead atoms. The molecule has 6 heteroatoms. The Morgan fingerprint density at radius 3 is 2.63 bits per heavy atom. The maximum Gasteiger partial charge on any atom is 0.253 e. The van der Waals surface area contributed by atoms with Gasteiger partial charge in [-0.3, -0.25) is 9.00 Å². The molecule has 0 aliphatic heterocycles. The lowest BCUT2D eigenvalue weighted by molar-refractivity contribution is 0.0827. The third kappa shape index (κ3) is 4.55. The van der Waals surface area contributed by atoms with Crippen molar-refractivity contribution >= 4 is 28.1 Å². The van der Waals surface area contributed by atoms with Crippen LogP contribution in [0, 0.1) is 0 Å². The number of nitrogens with two attached hydrogens (primary N) is 1. The van der Waals surface area contributed by atoms with Crippen LogP contribution in [0.2, 0.25) is 0 Å². The van der Waals surface area contributed by atoms with Crippen molar-refractivity contribution in [1.29, 1.82) is 0 Å². The number of anilines is 2. The van der Waals surface area contributed by atoms with Gasteiger partial charge in [0.15, 0.2) is 0 Å². The summed E-state index contributed by atoms with van der Waals surface area (Å²) in [5.41, 5.74) is 7.73. The maximum atomic E-state index is 11.9. The Hall–Kier alpha value is -1.56. The molecule has 1 aromatic rings. The van der Waals surface area contributed by atoms with E-state index in [2.05, 4.69) is 5.32 Å². The second kappa shape index (κ2) is 6.56. The van der Waals surface area contributed by atoms with Crippen LogP contribution < -0.4 is 11.1 Å². The summed E-state index contributed by atoms with van der Waals surface area (Å²) >= 11 is 0. The Bertz CT molecular complexity index is 489. The second-order valence-electron chi connectivity index (χ2n) is 4.79.